The van der Waals surface area contributed by atoms with Gasteiger partial charge < -0.3 is 58.3 Å². The lowest BCUT2D eigenvalue weighted by Crippen LogP contribution is -2.50. The van der Waals surface area contributed by atoms with Gasteiger partial charge in [0.05, 0.1) is 99.3 Å². The van der Waals surface area contributed by atoms with Gasteiger partial charge in [0.15, 0.2) is 17.7 Å². The molecule has 0 saturated carbocycles. The van der Waals surface area contributed by atoms with Crippen molar-refractivity contribution in [2.75, 3.05) is 90.9 Å². The maximum Gasteiger partial charge on any atom is 0.478 e. The van der Waals surface area contributed by atoms with Gasteiger partial charge in [-0.25, -0.2) is 23.8 Å². The Morgan fingerprint density at radius 3 is 1.10 bits per heavy atom. The monoisotopic (exact) mass is 1230 g/mol. The molecule has 2 aromatic rings. The van der Waals surface area contributed by atoms with Crippen LogP contribution in [0.15, 0.2) is 12.7 Å². The van der Waals surface area contributed by atoms with Crippen molar-refractivity contribution in [3.8, 4) is 0 Å². The molecule has 2 aromatic heterocycles. The highest BCUT2D eigenvalue weighted by atomic mass is 31.3. The van der Waals surface area contributed by atoms with Gasteiger partial charge in [-0.15, -0.1) is 0 Å². The number of phosphoric ester groups is 1. The van der Waals surface area contributed by atoms with Crippen molar-refractivity contribution in [2.45, 2.75) is 262 Å². The third-order valence-corrected chi connectivity index (χ3v) is 19.3. The highest BCUT2D eigenvalue weighted by Gasteiger charge is 2.46. The number of aromatic nitrogens is 4. The van der Waals surface area contributed by atoms with Crippen LogP contribution in [0.3, 0.4) is 0 Å². The molecule has 1 fully saturated rings. The lowest BCUT2D eigenvalue weighted by Gasteiger charge is -2.39. The maximum absolute atomic E-state index is 11.7. The summed E-state index contributed by atoms with van der Waals surface area (Å²) in [4.78, 5) is 52.8. The van der Waals surface area contributed by atoms with Crippen molar-refractivity contribution in [3.05, 3.63) is 12.7 Å². The van der Waals surface area contributed by atoms with Gasteiger partial charge in [-0.2, -0.15) is 0 Å². The second-order valence-electron chi connectivity index (χ2n) is 22.9. The SMILES string of the molecule is CCCC[N+](CCCC)(CCCC)CCCC.CCCC[N+](CCCC)(CCCC)CCCC.CCCC[N+](CCCC)(CCCC)CCCC.Nc1ncnc2c1ncn2[C@@H]1O[C@H](COP(=O)(O)OP(=O)([O-])OP(=O)([O-])[O-])C(O)C1O. The van der Waals surface area contributed by atoms with Crippen LogP contribution in [0.4, 0.5) is 5.82 Å². The lowest BCUT2D eigenvalue weighted by atomic mass is 10.1. The van der Waals surface area contributed by atoms with Crippen LogP contribution in [-0.4, -0.2) is 152 Å². The number of nitrogens with two attached hydrogens (primary N) is 1. The number of phosphoric acid groups is 3. The molecule has 1 saturated heterocycles. The zero-order valence-corrected chi connectivity index (χ0v) is 56.3. The van der Waals surface area contributed by atoms with Crippen LogP contribution in [0.25, 0.3) is 11.2 Å². The third kappa shape index (κ3) is 33.0. The van der Waals surface area contributed by atoms with Crippen LogP contribution in [0.1, 0.15) is 243 Å². The quantitative estimate of drug-likeness (QED) is 0.0354. The van der Waals surface area contributed by atoms with Crippen molar-refractivity contribution in [1.29, 1.82) is 0 Å². The molecule has 21 nitrogen and oxygen atoms in total. The summed E-state index contributed by atoms with van der Waals surface area (Å²) >= 11 is 0. The second kappa shape index (κ2) is 44.9. The Balaban J connectivity index is 0.00000112. The molecule has 0 amide bonds. The highest BCUT2D eigenvalue weighted by Crippen LogP contribution is 2.62. The first-order valence-corrected chi connectivity index (χ1v) is 36.6. The van der Waals surface area contributed by atoms with Crippen LogP contribution < -0.4 is 20.4 Å². The molecular formula is C58H121N8O13P3. The number of nitrogen functional groups attached to an aromatic ring is 1. The van der Waals surface area contributed by atoms with E-state index in [0.717, 1.165) is 6.33 Å². The minimum atomic E-state index is -6.11. The molecule has 0 spiro atoms. The number of aliphatic hydroxyl groups is 2. The van der Waals surface area contributed by atoms with Gasteiger partial charge in [0.2, 0.25) is 0 Å². The van der Waals surface area contributed by atoms with E-state index >= 15 is 0 Å². The Morgan fingerprint density at radius 1 is 0.512 bits per heavy atom. The normalized spacial score (nSPS) is 18.2. The average molecular weight is 1230 g/mol. The fourth-order valence-corrected chi connectivity index (χ4v) is 13.4. The summed E-state index contributed by atoms with van der Waals surface area (Å²) in [6.45, 7) is 44.0. The predicted molar refractivity (Wildman–Crippen MR) is 327 cm³/mol. The third-order valence-electron chi connectivity index (χ3n) is 15.6. The van der Waals surface area contributed by atoms with E-state index in [2.05, 4.69) is 111 Å². The number of ether oxygens (including phenoxy) is 1. The van der Waals surface area contributed by atoms with Gasteiger partial charge in [0.1, 0.15) is 30.2 Å². The van der Waals surface area contributed by atoms with Crippen molar-refractivity contribution < 1.29 is 74.8 Å². The number of imidazole rings is 1. The smallest absolute Gasteiger partial charge is 0.478 e. The van der Waals surface area contributed by atoms with Crippen molar-refractivity contribution in [1.82, 2.24) is 19.5 Å². The molecule has 0 aliphatic carbocycles. The molecule has 0 aromatic carbocycles. The summed E-state index contributed by atoms with van der Waals surface area (Å²) in [5, 5.41) is 20.4. The standard InChI is InChI=1S/3C16H36N.C10H16N5O13P3/c3*1-5-9-13-17(14-10-6-2,15-11-7-3)16-12-8-4;11-8-5-9(13-2-12-8)15(3-14-5)10-7(17)6(16)4(26-10)1-25-30(21,22)28-31(23,24)27-29(18,19)20/h3*5-16H2,1-4H3;2-4,6-7,10,16-17H,1H2,(H,21,22)(H,23,24)(H2,11,12,13)(H2,18,19,20)/q3*+1;/p-3/t;;;4-,6?,7?,10-/m...1/s1. The van der Waals surface area contributed by atoms with Gasteiger partial charge in [0, 0.05) is 0 Å². The number of anilines is 1. The van der Waals surface area contributed by atoms with E-state index in [0.29, 0.717) is 0 Å². The van der Waals surface area contributed by atoms with E-state index in [1.807, 2.05) is 0 Å². The molecule has 24 heteroatoms. The Hall–Kier alpha value is -1.48. The van der Waals surface area contributed by atoms with Crippen LogP contribution in [0.5, 0.6) is 0 Å². The Morgan fingerprint density at radius 2 is 0.817 bits per heavy atom. The molecule has 0 bridgehead atoms. The van der Waals surface area contributed by atoms with E-state index in [9.17, 15) is 43.5 Å². The first-order chi connectivity index (χ1) is 38.9. The Kier molecular flexibility index (Phi) is 44.1. The molecule has 0 radical (unpaired) electrons. The molecule has 3 heterocycles. The molecule has 5 N–H and O–H groups in total. The average Bonchev–Trinajstić information content (AvgIpc) is 4.18. The molecule has 1 aliphatic rings. The fourth-order valence-electron chi connectivity index (χ4n) is 10.5. The van der Waals surface area contributed by atoms with Crippen LogP contribution >= 0.6 is 23.5 Å². The number of nitrogens with zero attached hydrogens (tertiary/aromatic N) is 7. The van der Waals surface area contributed by atoms with E-state index in [4.69, 9.17) is 10.5 Å². The van der Waals surface area contributed by atoms with E-state index < -0.39 is 54.6 Å². The van der Waals surface area contributed by atoms with Crippen LogP contribution in [0.2, 0.25) is 0 Å². The number of unbranched alkanes of at least 4 members (excludes halogenated alkanes) is 12. The summed E-state index contributed by atoms with van der Waals surface area (Å²) in [7, 11) is -17.7. The van der Waals surface area contributed by atoms with Crippen molar-refractivity contribution in [3.63, 3.8) is 0 Å². The molecule has 4 unspecified atom stereocenters. The summed E-state index contributed by atoms with van der Waals surface area (Å²) in [5.74, 6) is 0.0278. The summed E-state index contributed by atoms with van der Waals surface area (Å²) in [6.07, 6.45) is 29.3. The van der Waals surface area contributed by atoms with Gasteiger partial charge in [-0.1, -0.05) is 160 Å². The zero-order valence-electron chi connectivity index (χ0n) is 53.6. The molecular weight excluding hydrogens is 1110 g/mol. The van der Waals surface area contributed by atoms with Crippen molar-refractivity contribution in [2.24, 2.45) is 0 Å². The van der Waals surface area contributed by atoms with E-state index in [1.54, 1.807) is 0 Å². The topological polar surface area (TPSA) is 288 Å². The molecule has 6 atom stereocenters. The minimum Gasteiger partial charge on any atom is -0.790 e. The number of hydrogen-bond donors (Lipinski definition) is 4. The number of quaternary nitrogens is 3. The van der Waals surface area contributed by atoms with Gasteiger partial charge in [-0.05, 0) is 77.0 Å². The molecule has 1 aliphatic heterocycles. The first-order valence-electron chi connectivity index (χ1n) is 32.1. The summed E-state index contributed by atoms with van der Waals surface area (Å²) in [6, 6.07) is 0. The predicted octanol–water partition coefficient (Wildman–Crippen LogP) is 11.5. The largest absolute Gasteiger partial charge is 0.790 e. The number of fused-ring (bicyclic) bond motifs is 1. The van der Waals surface area contributed by atoms with Gasteiger partial charge >= 0.3 is 7.82 Å². The summed E-state index contributed by atoms with van der Waals surface area (Å²) in [5.41, 5.74) is 5.95. The maximum atomic E-state index is 11.7. The summed E-state index contributed by atoms with van der Waals surface area (Å²) < 4.78 is 54.9. The Bertz CT molecular complexity index is 1840. The Labute approximate surface area is 498 Å². The number of aliphatic hydroxyl groups excluding tert-OH is 2. The van der Waals surface area contributed by atoms with Gasteiger partial charge in [-0.3, -0.25) is 18.0 Å². The highest BCUT2D eigenvalue weighted by molar-refractivity contribution is 7.65. The van der Waals surface area contributed by atoms with E-state index in [-0.39, 0.29) is 17.0 Å². The fraction of sp³-hybridized carbons (Fsp3) is 0.914. The minimum absolute atomic E-state index is 0.0278. The number of rotatable bonds is 44. The van der Waals surface area contributed by atoms with Gasteiger partial charge in [0.25, 0.3) is 7.82 Å². The lowest BCUT2D eigenvalue weighted by molar-refractivity contribution is -0.929. The second-order valence-corrected chi connectivity index (χ2v) is 27.2. The van der Waals surface area contributed by atoms with Crippen molar-refractivity contribution >= 4 is 40.4 Å². The molecule has 82 heavy (non-hydrogen) atoms. The first kappa shape index (κ1) is 80.5. The number of hydrogen-bond acceptors (Lipinski definition) is 16. The van der Waals surface area contributed by atoms with Crippen LogP contribution in [-0.2, 0) is 31.6 Å². The van der Waals surface area contributed by atoms with E-state index in [1.165, 1.54) is 257 Å². The van der Waals surface area contributed by atoms with Crippen LogP contribution in [0, 0.1) is 0 Å². The molecule has 486 valence electrons. The zero-order chi connectivity index (χ0) is 62.1. The molecule has 3 rings (SSSR count).